The van der Waals surface area contributed by atoms with Gasteiger partial charge in [0, 0.05) is 17.3 Å². The molecule has 1 atom stereocenters. The Bertz CT molecular complexity index is 509. The lowest BCUT2D eigenvalue weighted by Gasteiger charge is -2.18. The molecule has 102 valence electrons. The maximum atomic E-state index is 5.21. The third kappa shape index (κ3) is 4.06. The SMILES string of the molecule is CCNC(Cc1ccc(Br)s1)c1ccc(OC)cc1. The van der Waals surface area contributed by atoms with Gasteiger partial charge in [0.1, 0.15) is 5.75 Å². The zero-order valence-electron chi connectivity index (χ0n) is 11.2. The van der Waals surface area contributed by atoms with Crippen molar-refractivity contribution < 1.29 is 4.74 Å². The van der Waals surface area contributed by atoms with E-state index in [-0.39, 0.29) is 0 Å². The van der Waals surface area contributed by atoms with E-state index in [1.807, 2.05) is 12.1 Å². The summed E-state index contributed by atoms with van der Waals surface area (Å²) in [5.41, 5.74) is 1.30. The van der Waals surface area contributed by atoms with Crippen LogP contribution in [0, 0.1) is 0 Å². The van der Waals surface area contributed by atoms with E-state index in [2.05, 4.69) is 52.4 Å². The molecule has 2 nitrogen and oxygen atoms in total. The number of nitrogens with one attached hydrogen (secondary N) is 1. The molecule has 0 saturated heterocycles. The van der Waals surface area contributed by atoms with Crippen LogP contribution in [0.1, 0.15) is 23.4 Å². The normalized spacial score (nSPS) is 12.4. The van der Waals surface area contributed by atoms with Crippen molar-refractivity contribution >= 4 is 27.3 Å². The second-order valence-corrected chi connectivity index (χ2v) is 6.84. The van der Waals surface area contributed by atoms with Crippen LogP contribution in [0.25, 0.3) is 0 Å². The first-order valence-electron chi connectivity index (χ1n) is 6.34. The highest BCUT2D eigenvalue weighted by Crippen LogP contribution is 2.27. The summed E-state index contributed by atoms with van der Waals surface area (Å²) in [6.45, 7) is 3.10. The van der Waals surface area contributed by atoms with E-state index in [1.54, 1.807) is 18.4 Å². The summed E-state index contributed by atoms with van der Waals surface area (Å²) in [6, 6.07) is 12.9. The molecule has 2 rings (SSSR count). The Hall–Kier alpha value is -0.840. The van der Waals surface area contributed by atoms with Crippen LogP contribution in [-0.4, -0.2) is 13.7 Å². The van der Waals surface area contributed by atoms with Crippen LogP contribution in [0.4, 0.5) is 0 Å². The van der Waals surface area contributed by atoms with Crippen LogP contribution in [0.15, 0.2) is 40.2 Å². The lowest BCUT2D eigenvalue weighted by atomic mass is 10.0. The fraction of sp³-hybridized carbons (Fsp3) is 0.333. The van der Waals surface area contributed by atoms with Gasteiger partial charge in [-0.15, -0.1) is 11.3 Å². The molecule has 0 fully saturated rings. The maximum Gasteiger partial charge on any atom is 0.118 e. The average Bonchev–Trinajstić information content (AvgIpc) is 2.84. The molecule has 1 N–H and O–H groups in total. The predicted molar refractivity (Wildman–Crippen MR) is 85.1 cm³/mol. The van der Waals surface area contributed by atoms with E-state index in [9.17, 15) is 0 Å². The first-order chi connectivity index (χ1) is 9.22. The van der Waals surface area contributed by atoms with Crippen LogP contribution in [0.3, 0.4) is 0 Å². The third-order valence-electron chi connectivity index (χ3n) is 3.00. The number of hydrogen-bond donors (Lipinski definition) is 1. The van der Waals surface area contributed by atoms with Crippen molar-refractivity contribution in [2.24, 2.45) is 0 Å². The van der Waals surface area contributed by atoms with Crippen molar-refractivity contribution in [1.82, 2.24) is 5.32 Å². The van der Waals surface area contributed by atoms with Gasteiger partial charge in [-0.05, 0) is 52.3 Å². The third-order valence-corrected chi connectivity index (χ3v) is 4.65. The standard InChI is InChI=1S/C15H18BrNOS/c1-3-17-14(10-13-8-9-15(16)19-13)11-4-6-12(18-2)7-5-11/h4-9,14,17H,3,10H2,1-2H3. The highest BCUT2D eigenvalue weighted by atomic mass is 79.9. The van der Waals surface area contributed by atoms with Crippen molar-refractivity contribution in [3.05, 3.63) is 50.6 Å². The van der Waals surface area contributed by atoms with Crippen molar-refractivity contribution in [1.29, 1.82) is 0 Å². The van der Waals surface area contributed by atoms with Gasteiger partial charge in [0.15, 0.2) is 0 Å². The van der Waals surface area contributed by atoms with Crippen molar-refractivity contribution in [3.8, 4) is 5.75 Å². The maximum absolute atomic E-state index is 5.21. The minimum atomic E-state index is 0.349. The van der Waals surface area contributed by atoms with Gasteiger partial charge in [0.05, 0.1) is 10.9 Å². The molecule has 1 aromatic heterocycles. The van der Waals surface area contributed by atoms with E-state index in [1.165, 1.54) is 14.2 Å². The fourth-order valence-electron chi connectivity index (χ4n) is 2.05. The molecule has 0 radical (unpaired) electrons. The van der Waals surface area contributed by atoms with Crippen molar-refractivity contribution in [2.45, 2.75) is 19.4 Å². The molecule has 0 saturated carbocycles. The number of ether oxygens (including phenoxy) is 1. The Morgan fingerprint density at radius 1 is 1.21 bits per heavy atom. The van der Waals surface area contributed by atoms with Gasteiger partial charge < -0.3 is 10.1 Å². The second kappa shape index (κ2) is 7.08. The van der Waals surface area contributed by atoms with Gasteiger partial charge in [-0.1, -0.05) is 19.1 Å². The van der Waals surface area contributed by atoms with Crippen LogP contribution in [-0.2, 0) is 6.42 Å². The average molecular weight is 340 g/mol. The van der Waals surface area contributed by atoms with Crippen molar-refractivity contribution in [3.63, 3.8) is 0 Å². The lowest BCUT2D eigenvalue weighted by molar-refractivity contribution is 0.414. The zero-order chi connectivity index (χ0) is 13.7. The molecule has 1 unspecified atom stereocenters. The minimum Gasteiger partial charge on any atom is -0.497 e. The molecule has 0 spiro atoms. The van der Waals surface area contributed by atoms with Gasteiger partial charge in [0.2, 0.25) is 0 Å². The summed E-state index contributed by atoms with van der Waals surface area (Å²) in [4.78, 5) is 1.38. The van der Waals surface area contributed by atoms with Crippen LogP contribution in [0.5, 0.6) is 5.75 Å². The van der Waals surface area contributed by atoms with E-state index in [0.29, 0.717) is 6.04 Å². The fourth-order valence-corrected chi connectivity index (χ4v) is 3.58. The summed E-state index contributed by atoms with van der Waals surface area (Å²) in [7, 11) is 1.69. The Morgan fingerprint density at radius 3 is 2.47 bits per heavy atom. The summed E-state index contributed by atoms with van der Waals surface area (Å²) in [5.74, 6) is 0.901. The highest BCUT2D eigenvalue weighted by Gasteiger charge is 2.12. The Morgan fingerprint density at radius 2 is 1.95 bits per heavy atom. The topological polar surface area (TPSA) is 21.3 Å². The second-order valence-electron chi connectivity index (χ2n) is 4.29. The van der Waals surface area contributed by atoms with Crippen LogP contribution in [0.2, 0.25) is 0 Å². The number of likely N-dealkylation sites (N-methyl/N-ethyl adjacent to an activating group) is 1. The van der Waals surface area contributed by atoms with Gasteiger partial charge in [-0.3, -0.25) is 0 Å². The van der Waals surface area contributed by atoms with Gasteiger partial charge in [-0.25, -0.2) is 0 Å². The Kier molecular flexibility index (Phi) is 5.43. The van der Waals surface area contributed by atoms with E-state index in [0.717, 1.165) is 18.7 Å². The molecule has 1 aromatic carbocycles. The van der Waals surface area contributed by atoms with Crippen LogP contribution >= 0.6 is 27.3 Å². The van der Waals surface area contributed by atoms with E-state index >= 15 is 0 Å². The number of benzene rings is 1. The first kappa shape index (κ1) is 14.6. The van der Waals surface area contributed by atoms with Crippen molar-refractivity contribution in [2.75, 3.05) is 13.7 Å². The van der Waals surface area contributed by atoms with E-state index in [4.69, 9.17) is 4.74 Å². The molecule has 4 heteroatoms. The smallest absolute Gasteiger partial charge is 0.118 e. The predicted octanol–water partition coefficient (Wildman–Crippen LogP) is 4.41. The summed E-state index contributed by atoms with van der Waals surface area (Å²) >= 11 is 5.31. The Labute approximate surface area is 126 Å². The number of halogens is 1. The lowest BCUT2D eigenvalue weighted by Crippen LogP contribution is -2.22. The highest BCUT2D eigenvalue weighted by molar-refractivity contribution is 9.11. The summed E-state index contributed by atoms with van der Waals surface area (Å²) in [5, 5.41) is 3.54. The quantitative estimate of drug-likeness (QED) is 0.841. The molecule has 1 heterocycles. The molecule has 0 aliphatic carbocycles. The Balaban J connectivity index is 2.13. The van der Waals surface area contributed by atoms with Gasteiger partial charge in [0.25, 0.3) is 0 Å². The monoisotopic (exact) mass is 339 g/mol. The number of methoxy groups -OCH3 is 1. The molecule has 0 amide bonds. The molecule has 0 aliphatic rings. The van der Waals surface area contributed by atoms with Gasteiger partial charge >= 0.3 is 0 Å². The van der Waals surface area contributed by atoms with Gasteiger partial charge in [-0.2, -0.15) is 0 Å². The number of hydrogen-bond acceptors (Lipinski definition) is 3. The molecule has 0 bridgehead atoms. The minimum absolute atomic E-state index is 0.349. The number of thiophene rings is 1. The van der Waals surface area contributed by atoms with E-state index < -0.39 is 0 Å². The zero-order valence-corrected chi connectivity index (χ0v) is 13.6. The molecule has 19 heavy (non-hydrogen) atoms. The molecular weight excluding hydrogens is 322 g/mol. The molecule has 0 aliphatic heterocycles. The molecular formula is C15H18BrNOS. The summed E-state index contributed by atoms with van der Waals surface area (Å²) < 4.78 is 6.39. The molecule has 2 aromatic rings. The first-order valence-corrected chi connectivity index (χ1v) is 7.95. The van der Waals surface area contributed by atoms with Crippen LogP contribution < -0.4 is 10.1 Å². The summed E-state index contributed by atoms with van der Waals surface area (Å²) in [6.07, 6.45) is 1.01. The number of rotatable bonds is 6. The largest absolute Gasteiger partial charge is 0.497 e.